The average Bonchev–Trinajstić information content (AvgIpc) is 2.71. The van der Waals surface area contributed by atoms with Gasteiger partial charge in [0.05, 0.1) is 19.1 Å². The molecule has 3 rings (SSSR count). The predicted molar refractivity (Wildman–Crippen MR) is 116 cm³/mol. The van der Waals surface area contributed by atoms with Gasteiger partial charge in [0, 0.05) is 19.7 Å². The second-order valence-corrected chi connectivity index (χ2v) is 8.24. The van der Waals surface area contributed by atoms with Crippen LogP contribution < -0.4 is 19.5 Å². The summed E-state index contributed by atoms with van der Waals surface area (Å²) in [7, 11) is 3.04. The van der Waals surface area contributed by atoms with E-state index in [-0.39, 0.29) is 4.90 Å². The Labute approximate surface area is 171 Å². The molecule has 3 aromatic rings. The molecule has 0 aliphatic rings. The van der Waals surface area contributed by atoms with E-state index in [9.17, 15) is 8.42 Å². The molecule has 29 heavy (non-hydrogen) atoms. The molecule has 3 aromatic carbocycles. The Balaban J connectivity index is 2.38. The van der Waals surface area contributed by atoms with Crippen LogP contribution in [-0.2, 0) is 10.0 Å². The third-order valence-corrected chi connectivity index (χ3v) is 5.59. The molecule has 152 valence electrons. The van der Waals surface area contributed by atoms with Crippen molar-refractivity contribution >= 4 is 15.7 Å². The first-order chi connectivity index (χ1) is 13.8. The predicted octanol–water partition coefficient (Wildman–Crippen LogP) is 3.75. The minimum Gasteiger partial charge on any atom is -0.494 e. The molecule has 0 aromatic heterocycles. The van der Waals surface area contributed by atoms with E-state index in [1.807, 2.05) is 67.5 Å². The maximum Gasteiger partial charge on any atom is 0.238 e. The minimum atomic E-state index is -3.94. The Morgan fingerprint density at radius 1 is 0.828 bits per heavy atom. The Morgan fingerprint density at radius 2 is 1.41 bits per heavy atom. The fourth-order valence-corrected chi connectivity index (χ4v) is 4.18. The van der Waals surface area contributed by atoms with E-state index in [2.05, 4.69) is 0 Å². The van der Waals surface area contributed by atoms with Crippen LogP contribution in [0, 0.1) is 0 Å². The first-order valence-electron chi connectivity index (χ1n) is 8.93. The number of nitrogens with two attached hydrogens (primary N) is 1. The molecule has 0 atom stereocenters. The highest BCUT2D eigenvalue weighted by molar-refractivity contribution is 7.89. The fraction of sp³-hybridized carbons (Fsp3) is 0.182. The van der Waals surface area contributed by atoms with Crippen LogP contribution in [0.4, 0.5) is 5.69 Å². The van der Waals surface area contributed by atoms with Crippen LogP contribution >= 0.6 is 0 Å². The molecule has 0 amide bonds. The number of rotatable bonds is 6. The number of primary sulfonamides is 1. The number of benzene rings is 3. The number of hydrogen-bond acceptors (Lipinski definition) is 5. The summed E-state index contributed by atoms with van der Waals surface area (Å²) < 4.78 is 35.8. The van der Waals surface area contributed by atoms with E-state index in [0.717, 1.165) is 16.8 Å². The summed E-state index contributed by atoms with van der Waals surface area (Å²) in [5.74, 6) is 1.23. The smallest absolute Gasteiger partial charge is 0.238 e. The first kappa shape index (κ1) is 20.7. The van der Waals surface area contributed by atoms with Crippen LogP contribution in [0.2, 0.25) is 0 Å². The zero-order valence-corrected chi connectivity index (χ0v) is 17.7. The molecular weight excluding hydrogens is 388 g/mol. The Hall–Kier alpha value is -3.03. The van der Waals surface area contributed by atoms with Gasteiger partial charge in [0.2, 0.25) is 10.0 Å². The van der Waals surface area contributed by atoms with Gasteiger partial charge in [-0.25, -0.2) is 13.6 Å². The van der Waals surface area contributed by atoms with Crippen LogP contribution in [0.1, 0.15) is 0 Å². The molecule has 7 heteroatoms. The molecule has 0 unspecified atom stereocenters. The summed E-state index contributed by atoms with van der Waals surface area (Å²) in [6, 6.07) is 18.1. The molecule has 6 nitrogen and oxygen atoms in total. The van der Waals surface area contributed by atoms with E-state index in [1.165, 1.54) is 6.07 Å². The summed E-state index contributed by atoms with van der Waals surface area (Å²) in [5.41, 5.74) is 3.56. The number of ether oxygens (including phenoxy) is 2. The number of methoxy groups -OCH3 is 2. The van der Waals surface area contributed by atoms with Gasteiger partial charge in [0.1, 0.15) is 17.2 Å². The average molecular weight is 413 g/mol. The molecule has 0 saturated heterocycles. The monoisotopic (exact) mass is 412 g/mol. The highest BCUT2D eigenvalue weighted by Crippen LogP contribution is 2.44. The highest BCUT2D eigenvalue weighted by atomic mass is 32.2. The van der Waals surface area contributed by atoms with Crippen molar-refractivity contribution < 1.29 is 17.9 Å². The molecule has 0 radical (unpaired) electrons. The molecule has 0 saturated carbocycles. The summed E-state index contributed by atoms with van der Waals surface area (Å²) in [6.45, 7) is 0. The van der Waals surface area contributed by atoms with Gasteiger partial charge in [-0.3, -0.25) is 0 Å². The molecule has 0 aliphatic heterocycles. The number of sulfonamides is 1. The third-order valence-electron chi connectivity index (χ3n) is 4.63. The normalized spacial score (nSPS) is 11.2. The van der Waals surface area contributed by atoms with Crippen molar-refractivity contribution in [2.75, 3.05) is 33.2 Å². The highest BCUT2D eigenvalue weighted by Gasteiger charge is 2.22. The van der Waals surface area contributed by atoms with E-state index < -0.39 is 10.0 Å². The second-order valence-electron chi connectivity index (χ2n) is 6.71. The first-order valence-corrected chi connectivity index (χ1v) is 10.5. The Bertz CT molecular complexity index is 1100. The van der Waals surface area contributed by atoms with Crippen molar-refractivity contribution in [2.24, 2.45) is 5.14 Å². The summed E-state index contributed by atoms with van der Waals surface area (Å²) in [6.07, 6.45) is 0. The van der Waals surface area contributed by atoms with E-state index in [0.29, 0.717) is 22.6 Å². The Morgan fingerprint density at radius 3 is 1.90 bits per heavy atom. The lowest BCUT2D eigenvalue weighted by Crippen LogP contribution is -2.14. The lowest BCUT2D eigenvalue weighted by atomic mass is 9.94. The van der Waals surface area contributed by atoms with Crippen molar-refractivity contribution in [3.8, 4) is 33.8 Å². The van der Waals surface area contributed by atoms with E-state index >= 15 is 0 Å². The zero-order chi connectivity index (χ0) is 21.2. The standard InChI is InChI=1S/C22H24N2O4S/c1-24(2)22-18(27-3)13-16(14-19(22)28-4)17-11-8-12-20(29(23,25)26)21(17)15-9-6-5-7-10-15/h5-14H,1-4H3,(H2,23,25,26). The van der Waals surface area contributed by atoms with E-state index in [4.69, 9.17) is 14.6 Å². The maximum absolute atomic E-state index is 12.3. The maximum atomic E-state index is 12.3. The van der Waals surface area contributed by atoms with Gasteiger partial charge in [0.25, 0.3) is 0 Å². The van der Waals surface area contributed by atoms with Crippen LogP contribution in [0.25, 0.3) is 22.3 Å². The van der Waals surface area contributed by atoms with Crippen molar-refractivity contribution in [3.05, 3.63) is 60.7 Å². The summed E-state index contributed by atoms with van der Waals surface area (Å²) in [4.78, 5) is 1.97. The molecule has 2 N–H and O–H groups in total. The number of anilines is 1. The van der Waals surface area contributed by atoms with Crippen molar-refractivity contribution in [1.82, 2.24) is 0 Å². The van der Waals surface area contributed by atoms with Crippen LogP contribution in [0.15, 0.2) is 65.6 Å². The molecule has 0 spiro atoms. The van der Waals surface area contributed by atoms with Gasteiger partial charge in [0.15, 0.2) is 0 Å². The van der Waals surface area contributed by atoms with Crippen molar-refractivity contribution in [3.63, 3.8) is 0 Å². The van der Waals surface area contributed by atoms with Gasteiger partial charge in [-0.15, -0.1) is 0 Å². The van der Waals surface area contributed by atoms with Crippen molar-refractivity contribution in [1.29, 1.82) is 0 Å². The molecule has 0 aliphatic carbocycles. The SMILES string of the molecule is COc1cc(-c2cccc(S(N)(=O)=O)c2-c2ccccc2)cc(OC)c1N(C)C. The van der Waals surface area contributed by atoms with Gasteiger partial charge >= 0.3 is 0 Å². The zero-order valence-electron chi connectivity index (χ0n) is 16.8. The van der Waals surface area contributed by atoms with Gasteiger partial charge in [-0.05, 0) is 34.9 Å². The van der Waals surface area contributed by atoms with Crippen molar-refractivity contribution in [2.45, 2.75) is 4.90 Å². The second kappa shape index (κ2) is 8.14. The van der Waals surface area contributed by atoms with Crippen LogP contribution in [0.5, 0.6) is 11.5 Å². The van der Waals surface area contributed by atoms with E-state index in [1.54, 1.807) is 20.3 Å². The largest absolute Gasteiger partial charge is 0.494 e. The molecule has 0 bridgehead atoms. The van der Waals surface area contributed by atoms with Gasteiger partial charge in [-0.2, -0.15) is 0 Å². The summed E-state index contributed by atoms with van der Waals surface area (Å²) in [5, 5.41) is 5.53. The molecule has 0 fully saturated rings. The van der Waals surface area contributed by atoms with Crippen LogP contribution in [-0.4, -0.2) is 36.7 Å². The van der Waals surface area contributed by atoms with Gasteiger partial charge < -0.3 is 14.4 Å². The fourth-order valence-electron chi connectivity index (χ4n) is 3.40. The topological polar surface area (TPSA) is 81.9 Å². The molecular formula is C22H24N2O4S. The quantitative estimate of drug-likeness (QED) is 0.667. The third kappa shape index (κ3) is 4.06. The minimum absolute atomic E-state index is 0.0656. The number of nitrogens with zero attached hydrogens (tertiary/aromatic N) is 1. The molecule has 0 heterocycles. The summed E-state index contributed by atoms with van der Waals surface area (Å²) >= 11 is 0. The lowest BCUT2D eigenvalue weighted by Gasteiger charge is -2.22. The Kier molecular flexibility index (Phi) is 5.81. The van der Waals surface area contributed by atoms with Gasteiger partial charge in [-0.1, -0.05) is 42.5 Å². The lowest BCUT2D eigenvalue weighted by molar-refractivity contribution is 0.396. The number of hydrogen-bond donors (Lipinski definition) is 1. The van der Waals surface area contributed by atoms with Crippen LogP contribution in [0.3, 0.4) is 0 Å².